The van der Waals surface area contributed by atoms with E-state index in [9.17, 15) is 9.90 Å². The Hall–Kier alpha value is -1.55. The predicted molar refractivity (Wildman–Crippen MR) is 68.4 cm³/mol. The number of aliphatic hydroxyl groups is 1. The minimum atomic E-state index is -0.699. The summed E-state index contributed by atoms with van der Waals surface area (Å²) in [7, 11) is 1.36. The second-order valence-corrected chi connectivity index (χ2v) is 4.91. The molecule has 0 fully saturated rings. The van der Waals surface area contributed by atoms with Crippen LogP contribution in [-0.4, -0.2) is 24.8 Å². The summed E-state index contributed by atoms with van der Waals surface area (Å²) in [5.74, 6) is 0.319. The average Bonchev–Trinajstić information content (AvgIpc) is 2.35. The summed E-state index contributed by atoms with van der Waals surface area (Å²) in [4.78, 5) is 11.5. The third kappa shape index (κ3) is 3.74. The van der Waals surface area contributed by atoms with E-state index in [0.717, 1.165) is 5.56 Å². The molecule has 100 valence electrons. The largest absolute Gasteiger partial charge is 0.492 e. The van der Waals surface area contributed by atoms with E-state index in [1.165, 1.54) is 7.11 Å². The Morgan fingerprint density at radius 2 is 2.11 bits per heavy atom. The van der Waals surface area contributed by atoms with Gasteiger partial charge in [0.1, 0.15) is 12.4 Å². The van der Waals surface area contributed by atoms with Crippen LogP contribution < -0.4 is 4.74 Å². The first-order valence-electron chi connectivity index (χ1n) is 5.86. The number of carbonyl (C=O) groups is 1. The molecule has 1 aromatic rings. The summed E-state index contributed by atoms with van der Waals surface area (Å²) in [5.41, 5.74) is 0.0821. The molecule has 0 aliphatic heterocycles. The van der Waals surface area contributed by atoms with Crippen LogP contribution in [0.4, 0.5) is 0 Å². The van der Waals surface area contributed by atoms with Gasteiger partial charge in [0, 0.05) is 0 Å². The molecule has 0 radical (unpaired) electrons. The second kappa shape index (κ2) is 5.87. The van der Waals surface area contributed by atoms with Crippen molar-refractivity contribution in [1.29, 1.82) is 0 Å². The van der Waals surface area contributed by atoms with Gasteiger partial charge in [-0.3, -0.25) is 4.79 Å². The van der Waals surface area contributed by atoms with Crippen molar-refractivity contribution in [2.75, 3.05) is 13.7 Å². The smallest absolute Gasteiger partial charge is 0.314 e. The lowest BCUT2D eigenvalue weighted by Crippen LogP contribution is -2.32. The van der Waals surface area contributed by atoms with Crippen LogP contribution in [0.5, 0.6) is 5.75 Å². The van der Waals surface area contributed by atoms with E-state index in [-0.39, 0.29) is 12.6 Å². The molecule has 0 saturated carbocycles. The zero-order valence-electron chi connectivity index (χ0n) is 11.3. The third-order valence-corrected chi connectivity index (χ3v) is 2.68. The highest BCUT2D eigenvalue weighted by Gasteiger charge is 2.29. The van der Waals surface area contributed by atoms with E-state index in [2.05, 4.69) is 0 Å². The zero-order valence-corrected chi connectivity index (χ0v) is 11.3. The summed E-state index contributed by atoms with van der Waals surface area (Å²) in [6.07, 6.45) is -0.540. The summed E-state index contributed by atoms with van der Waals surface area (Å²) < 4.78 is 10.3. The van der Waals surface area contributed by atoms with E-state index in [0.29, 0.717) is 5.75 Å². The van der Waals surface area contributed by atoms with Crippen molar-refractivity contribution in [1.82, 2.24) is 0 Å². The molecule has 0 bridgehead atoms. The molecule has 0 unspecified atom stereocenters. The maximum atomic E-state index is 11.5. The van der Waals surface area contributed by atoms with Gasteiger partial charge in [-0.15, -0.1) is 0 Å². The Kier molecular flexibility index (Phi) is 4.73. The second-order valence-electron chi connectivity index (χ2n) is 4.91. The fourth-order valence-electron chi connectivity index (χ4n) is 1.46. The Morgan fingerprint density at radius 3 is 2.67 bits per heavy atom. The van der Waals surface area contributed by atoms with Gasteiger partial charge in [0.25, 0.3) is 0 Å². The van der Waals surface area contributed by atoms with Gasteiger partial charge in [0.05, 0.1) is 18.6 Å². The van der Waals surface area contributed by atoms with E-state index in [1.54, 1.807) is 32.9 Å². The molecule has 0 amide bonds. The van der Waals surface area contributed by atoms with Crippen molar-refractivity contribution in [2.45, 2.75) is 26.9 Å². The lowest BCUT2D eigenvalue weighted by molar-refractivity contribution is -0.152. The minimum absolute atomic E-state index is 0.225. The molecule has 1 N–H and O–H groups in total. The Labute approximate surface area is 108 Å². The molecule has 0 heterocycles. The van der Waals surface area contributed by atoms with Crippen LogP contribution in [0.2, 0.25) is 0 Å². The first kappa shape index (κ1) is 14.5. The molecule has 18 heavy (non-hydrogen) atoms. The van der Waals surface area contributed by atoms with Gasteiger partial charge in [0.2, 0.25) is 0 Å². The number of carbonyl (C=O) groups excluding carboxylic acids is 1. The van der Waals surface area contributed by atoms with Gasteiger partial charge in [0.15, 0.2) is 0 Å². The molecule has 0 spiro atoms. The molecule has 4 heteroatoms. The van der Waals surface area contributed by atoms with Crippen LogP contribution in [0.15, 0.2) is 24.3 Å². The summed E-state index contributed by atoms with van der Waals surface area (Å²) >= 11 is 0. The molecular weight excluding hydrogens is 232 g/mol. The topological polar surface area (TPSA) is 55.8 Å². The Morgan fingerprint density at radius 1 is 1.44 bits per heavy atom. The van der Waals surface area contributed by atoms with Gasteiger partial charge in [-0.05, 0) is 38.5 Å². The van der Waals surface area contributed by atoms with Crippen molar-refractivity contribution in [3.8, 4) is 5.75 Å². The lowest BCUT2D eigenvalue weighted by atomic mass is 9.95. The maximum Gasteiger partial charge on any atom is 0.314 e. The van der Waals surface area contributed by atoms with E-state index >= 15 is 0 Å². The number of aliphatic hydroxyl groups excluding tert-OH is 1. The number of rotatable bonds is 5. The van der Waals surface area contributed by atoms with E-state index in [1.807, 2.05) is 12.1 Å². The predicted octanol–water partition coefficient (Wildman–Crippen LogP) is 2.32. The number of hydrogen-bond donors (Lipinski definition) is 1. The van der Waals surface area contributed by atoms with Crippen LogP contribution in [0, 0.1) is 5.41 Å². The molecule has 0 saturated heterocycles. The van der Waals surface area contributed by atoms with Gasteiger partial charge >= 0.3 is 5.97 Å². The minimum Gasteiger partial charge on any atom is -0.492 e. The van der Waals surface area contributed by atoms with Gasteiger partial charge < -0.3 is 14.6 Å². The summed E-state index contributed by atoms with van der Waals surface area (Å²) in [6, 6.07) is 7.18. The van der Waals surface area contributed by atoms with E-state index in [4.69, 9.17) is 9.47 Å². The highest BCUT2D eigenvalue weighted by Crippen LogP contribution is 2.22. The van der Waals surface area contributed by atoms with Crippen molar-refractivity contribution in [3.05, 3.63) is 29.8 Å². The molecule has 1 atom stereocenters. The number of ether oxygens (including phenoxy) is 2. The fraction of sp³-hybridized carbons (Fsp3) is 0.500. The van der Waals surface area contributed by atoms with Crippen molar-refractivity contribution >= 4 is 5.97 Å². The molecule has 0 aromatic heterocycles. The lowest BCUT2D eigenvalue weighted by Gasteiger charge is -2.21. The normalized spacial score (nSPS) is 12.9. The first-order valence-corrected chi connectivity index (χ1v) is 5.86. The van der Waals surface area contributed by atoms with Gasteiger partial charge in [-0.2, -0.15) is 0 Å². The molecule has 4 nitrogen and oxygen atoms in total. The maximum absolute atomic E-state index is 11.5. The molecule has 0 aliphatic carbocycles. The quantitative estimate of drug-likeness (QED) is 0.817. The highest BCUT2D eigenvalue weighted by atomic mass is 16.5. The van der Waals surface area contributed by atoms with Crippen molar-refractivity contribution < 1.29 is 19.4 Å². The van der Waals surface area contributed by atoms with Crippen molar-refractivity contribution in [2.24, 2.45) is 5.41 Å². The first-order chi connectivity index (χ1) is 8.36. The molecular formula is C14H20O4. The SMILES string of the molecule is COC(=O)C(C)(C)COc1cccc([C@H](C)O)c1. The molecule has 0 aliphatic rings. The number of hydrogen-bond acceptors (Lipinski definition) is 4. The summed E-state index contributed by atoms with van der Waals surface area (Å²) in [6.45, 7) is 5.44. The van der Waals surface area contributed by atoms with Gasteiger partial charge in [-0.25, -0.2) is 0 Å². The van der Waals surface area contributed by atoms with Crippen molar-refractivity contribution in [3.63, 3.8) is 0 Å². The zero-order chi connectivity index (χ0) is 13.8. The van der Waals surface area contributed by atoms with Crippen LogP contribution in [-0.2, 0) is 9.53 Å². The average molecular weight is 252 g/mol. The Bertz CT molecular complexity index is 410. The summed E-state index contributed by atoms with van der Waals surface area (Å²) in [5, 5.41) is 9.47. The highest BCUT2D eigenvalue weighted by molar-refractivity contribution is 5.75. The van der Waals surface area contributed by atoms with Crippen LogP contribution >= 0.6 is 0 Å². The molecule has 1 rings (SSSR count). The Balaban J connectivity index is 2.69. The fourth-order valence-corrected chi connectivity index (χ4v) is 1.46. The van der Waals surface area contributed by atoms with Crippen LogP contribution in [0.25, 0.3) is 0 Å². The monoisotopic (exact) mass is 252 g/mol. The third-order valence-electron chi connectivity index (χ3n) is 2.68. The molecule has 1 aromatic carbocycles. The standard InChI is InChI=1S/C14H20O4/c1-10(15)11-6-5-7-12(8-11)18-9-14(2,3)13(16)17-4/h5-8,10,15H,9H2,1-4H3/t10-/m0/s1. The van der Waals surface area contributed by atoms with Gasteiger partial charge in [-0.1, -0.05) is 12.1 Å². The van der Waals surface area contributed by atoms with E-state index < -0.39 is 11.5 Å². The number of esters is 1. The van der Waals surface area contributed by atoms with Crippen LogP contribution in [0.1, 0.15) is 32.4 Å². The van der Waals surface area contributed by atoms with Crippen LogP contribution in [0.3, 0.4) is 0 Å². The number of methoxy groups -OCH3 is 1. The number of benzene rings is 1.